The number of nitrogens with zero attached hydrogens (tertiary/aromatic N) is 2. The number of rotatable bonds is 4. The normalized spacial score (nSPS) is 24.2. The van der Waals surface area contributed by atoms with Crippen molar-refractivity contribution in [1.82, 2.24) is 4.90 Å². The van der Waals surface area contributed by atoms with E-state index < -0.39 is 5.41 Å². The highest BCUT2D eigenvalue weighted by molar-refractivity contribution is 5.84. The van der Waals surface area contributed by atoms with Crippen molar-refractivity contribution in [3.63, 3.8) is 0 Å². The molecule has 1 aromatic carbocycles. The number of hydrogen-bond acceptors (Lipinski definition) is 2. The summed E-state index contributed by atoms with van der Waals surface area (Å²) in [6.45, 7) is 4.89. The van der Waals surface area contributed by atoms with Crippen LogP contribution in [0.3, 0.4) is 0 Å². The van der Waals surface area contributed by atoms with E-state index in [1.165, 1.54) is 0 Å². The molecule has 0 radical (unpaired) electrons. The van der Waals surface area contributed by atoms with E-state index in [0.29, 0.717) is 6.42 Å². The molecule has 1 aliphatic heterocycles. The van der Waals surface area contributed by atoms with Crippen molar-refractivity contribution in [2.75, 3.05) is 6.54 Å². The second kappa shape index (κ2) is 6.09. The highest BCUT2D eigenvalue weighted by Crippen LogP contribution is 2.40. The first-order valence-electron chi connectivity index (χ1n) is 7.37. The maximum Gasteiger partial charge on any atom is 0.230 e. The van der Waals surface area contributed by atoms with Crippen LogP contribution in [-0.2, 0) is 4.79 Å². The van der Waals surface area contributed by atoms with E-state index in [1.807, 2.05) is 30.0 Å². The van der Waals surface area contributed by atoms with Gasteiger partial charge in [0, 0.05) is 13.0 Å². The molecule has 1 fully saturated rings. The molecule has 2 rings (SSSR count). The minimum absolute atomic E-state index is 0.0774. The molecular weight excluding hydrogens is 248 g/mol. The fourth-order valence-electron chi connectivity index (χ4n) is 3.15. The first kappa shape index (κ1) is 14.6. The van der Waals surface area contributed by atoms with Gasteiger partial charge in [0.15, 0.2) is 0 Å². The Labute approximate surface area is 121 Å². The molecule has 2 atom stereocenters. The third-order valence-electron chi connectivity index (χ3n) is 4.61. The summed E-state index contributed by atoms with van der Waals surface area (Å²) in [6, 6.07) is 12.4. The van der Waals surface area contributed by atoms with Crippen LogP contribution in [-0.4, -0.2) is 17.4 Å². The second-order valence-electron chi connectivity index (χ2n) is 5.66. The summed E-state index contributed by atoms with van der Waals surface area (Å²) in [4.78, 5) is 14.8. The van der Waals surface area contributed by atoms with E-state index in [1.54, 1.807) is 0 Å². The fraction of sp³-hybridized carbons (Fsp3) is 0.529. The number of piperidine rings is 1. The van der Waals surface area contributed by atoms with E-state index in [9.17, 15) is 4.79 Å². The minimum atomic E-state index is -0.462. The van der Waals surface area contributed by atoms with Crippen molar-refractivity contribution in [2.24, 2.45) is 5.41 Å². The molecule has 20 heavy (non-hydrogen) atoms. The van der Waals surface area contributed by atoms with Gasteiger partial charge in [-0.05, 0) is 31.7 Å². The zero-order valence-electron chi connectivity index (χ0n) is 12.3. The van der Waals surface area contributed by atoms with Crippen molar-refractivity contribution in [1.29, 1.82) is 5.26 Å². The Hall–Kier alpha value is -1.82. The van der Waals surface area contributed by atoms with Gasteiger partial charge in [0.2, 0.25) is 5.91 Å². The largest absolute Gasteiger partial charge is 0.335 e. The van der Waals surface area contributed by atoms with Gasteiger partial charge in [0.1, 0.15) is 0 Å². The van der Waals surface area contributed by atoms with Gasteiger partial charge in [-0.3, -0.25) is 4.79 Å². The Morgan fingerprint density at radius 2 is 2.10 bits per heavy atom. The van der Waals surface area contributed by atoms with E-state index in [0.717, 1.165) is 31.4 Å². The van der Waals surface area contributed by atoms with Gasteiger partial charge in [-0.15, -0.1) is 0 Å². The van der Waals surface area contributed by atoms with Crippen molar-refractivity contribution >= 4 is 5.91 Å². The van der Waals surface area contributed by atoms with E-state index in [4.69, 9.17) is 5.26 Å². The standard InChI is InChI=1S/C17H22N2O/c1-3-17(11-12-18)10-7-13-19(16(17)20)14(2)15-8-5-4-6-9-15/h4-6,8-9,14H,3,7,10-11,13H2,1-2H3/t14-,17?/m0/s1. The van der Waals surface area contributed by atoms with Gasteiger partial charge in [0.25, 0.3) is 0 Å². The fourth-order valence-corrected chi connectivity index (χ4v) is 3.15. The van der Waals surface area contributed by atoms with Gasteiger partial charge >= 0.3 is 0 Å². The lowest BCUT2D eigenvalue weighted by molar-refractivity contribution is -0.149. The summed E-state index contributed by atoms with van der Waals surface area (Å²) >= 11 is 0. The van der Waals surface area contributed by atoms with Crippen LogP contribution in [0, 0.1) is 16.7 Å². The summed E-state index contributed by atoms with van der Waals surface area (Å²) < 4.78 is 0. The molecule has 3 nitrogen and oxygen atoms in total. The summed E-state index contributed by atoms with van der Waals surface area (Å²) in [5.41, 5.74) is 0.695. The molecule has 1 heterocycles. The third-order valence-corrected chi connectivity index (χ3v) is 4.61. The summed E-state index contributed by atoms with van der Waals surface area (Å²) in [7, 11) is 0. The Balaban J connectivity index is 2.25. The lowest BCUT2D eigenvalue weighted by Gasteiger charge is -2.43. The Bertz CT molecular complexity index is 505. The molecule has 0 spiro atoms. The molecular formula is C17H22N2O. The first-order chi connectivity index (χ1) is 9.64. The third kappa shape index (κ3) is 2.56. The van der Waals surface area contributed by atoms with Crippen LogP contribution in [0.1, 0.15) is 51.1 Å². The molecule has 3 heteroatoms. The van der Waals surface area contributed by atoms with Gasteiger partial charge in [-0.2, -0.15) is 5.26 Å². The Morgan fingerprint density at radius 3 is 2.70 bits per heavy atom. The van der Waals surface area contributed by atoms with Gasteiger partial charge < -0.3 is 4.90 Å². The van der Waals surface area contributed by atoms with Crippen molar-refractivity contribution < 1.29 is 4.79 Å². The zero-order chi connectivity index (χ0) is 14.6. The van der Waals surface area contributed by atoms with Crippen LogP contribution in [0.4, 0.5) is 0 Å². The molecule has 1 aromatic rings. The maximum atomic E-state index is 12.9. The molecule has 1 unspecified atom stereocenters. The molecule has 0 saturated carbocycles. The number of carbonyl (C=O) groups is 1. The number of likely N-dealkylation sites (tertiary alicyclic amines) is 1. The van der Waals surface area contributed by atoms with Crippen LogP contribution in [0.2, 0.25) is 0 Å². The van der Waals surface area contributed by atoms with Crippen LogP contribution in [0.25, 0.3) is 0 Å². The van der Waals surface area contributed by atoms with Crippen molar-refractivity contribution in [3.8, 4) is 6.07 Å². The number of amides is 1. The lowest BCUT2D eigenvalue weighted by Crippen LogP contribution is -2.49. The molecule has 1 saturated heterocycles. The van der Waals surface area contributed by atoms with Crippen LogP contribution in [0.5, 0.6) is 0 Å². The van der Waals surface area contributed by atoms with Crippen LogP contribution >= 0.6 is 0 Å². The maximum absolute atomic E-state index is 12.9. The molecule has 1 amide bonds. The predicted octanol–water partition coefficient (Wildman–Crippen LogP) is 3.68. The number of carbonyl (C=O) groups excluding carboxylic acids is 1. The van der Waals surface area contributed by atoms with Crippen molar-refractivity contribution in [2.45, 2.75) is 45.6 Å². The van der Waals surface area contributed by atoms with E-state index in [2.05, 4.69) is 25.1 Å². The molecule has 0 aromatic heterocycles. The van der Waals surface area contributed by atoms with Crippen LogP contribution in [0.15, 0.2) is 30.3 Å². The van der Waals surface area contributed by atoms with Gasteiger partial charge in [0.05, 0.1) is 17.5 Å². The van der Waals surface area contributed by atoms with E-state index >= 15 is 0 Å². The van der Waals surface area contributed by atoms with Crippen molar-refractivity contribution in [3.05, 3.63) is 35.9 Å². The minimum Gasteiger partial charge on any atom is -0.335 e. The summed E-state index contributed by atoms with van der Waals surface area (Å²) in [5, 5.41) is 9.05. The Kier molecular flexibility index (Phi) is 4.44. The summed E-state index contributed by atoms with van der Waals surface area (Å²) in [6.07, 6.45) is 2.91. The van der Waals surface area contributed by atoms with Crippen LogP contribution < -0.4 is 0 Å². The summed E-state index contributed by atoms with van der Waals surface area (Å²) in [5.74, 6) is 0.157. The number of nitriles is 1. The number of hydrogen-bond donors (Lipinski definition) is 0. The SMILES string of the molecule is CCC1(CC#N)CCCN([C@@H](C)c2ccccc2)C1=O. The average Bonchev–Trinajstić information content (AvgIpc) is 2.50. The topological polar surface area (TPSA) is 44.1 Å². The van der Waals surface area contributed by atoms with Gasteiger partial charge in [-0.1, -0.05) is 37.3 Å². The molecule has 0 bridgehead atoms. The molecule has 0 N–H and O–H groups in total. The highest BCUT2D eigenvalue weighted by atomic mass is 16.2. The quantitative estimate of drug-likeness (QED) is 0.837. The monoisotopic (exact) mass is 270 g/mol. The predicted molar refractivity (Wildman–Crippen MR) is 78.8 cm³/mol. The molecule has 0 aliphatic carbocycles. The molecule has 106 valence electrons. The van der Waals surface area contributed by atoms with E-state index in [-0.39, 0.29) is 11.9 Å². The molecule has 1 aliphatic rings. The second-order valence-corrected chi connectivity index (χ2v) is 5.66. The first-order valence-corrected chi connectivity index (χ1v) is 7.37. The average molecular weight is 270 g/mol. The van der Waals surface area contributed by atoms with Gasteiger partial charge in [-0.25, -0.2) is 0 Å². The number of benzene rings is 1. The Morgan fingerprint density at radius 1 is 1.40 bits per heavy atom. The highest BCUT2D eigenvalue weighted by Gasteiger charge is 2.43. The lowest BCUT2D eigenvalue weighted by atomic mass is 9.74. The zero-order valence-corrected chi connectivity index (χ0v) is 12.3. The smallest absolute Gasteiger partial charge is 0.230 e.